The molecule has 1 aromatic rings. The van der Waals surface area contributed by atoms with Gasteiger partial charge in [0.15, 0.2) is 0 Å². The number of anilines is 1. The zero-order valence-electron chi connectivity index (χ0n) is 12.9. The van der Waals surface area contributed by atoms with Gasteiger partial charge in [0, 0.05) is 18.8 Å². The molecule has 2 N–H and O–H groups in total. The summed E-state index contributed by atoms with van der Waals surface area (Å²) >= 11 is 0. The zero-order chi connectivity index (χ0) is 16.1. The van der Waals surface area contributed by atoms with Gasteiger partial charge in [-0.05, 0) is 51.0 Å². The predicted molar refractivity (Wildman–Crippen MR) is 83.2 cm³/mol. The Labute approximate surface area is 130 Å². The van der Waals surface area contributed by atoms with E-state index in [9.17, 15) is 9.59 Å². The molecule has 2 amide bonds. The van der Waals surface area contributed by atoms with Gasteiger partial charge in [0.25, 0.3) is 0 Å². The Kier molecular flexibility index (Phi) is 5.25. The number of likely N-dealkylation sites (tertiary alicyclic amines) is 1. The van der Waals surface area contributed by atoms with Crippen LogP contribution in [0.5, 0.6) is 5.75 Å². The van der Waals surface area contributed by atoms with Gasteiger partial charge >= 0.3 is 12.0 Å². The molecule has 1 aromatic carbocycles. The number of aliphatic carboxylic acids is 1. The van der Waals surface area contributed by atoms with Crippen LogP contribution in [-0.4, -0.2) is 41.2 Å². The van der Waals surface area contributed by atoms with E-state index in [-0.39, 0.29) is 18.7 Å². The number of hydrogen-bond donors (Lipinski definition) is 2. The largest absolute Gasteiger partial charge is 0.491 e. The number of carboxylic acids is 1. The lowest BCUT2D eigenvalue weighted by Gasteiger charge is -2.30. The van der Waals surface area contributed by atoms with E-state index in [0.29, 0.717) is 25.1 Å². The monoisotopic (exact) mass is 306 g/mol. The number of carbonyl (C=O) groups is 2. The highest BCUT2D eigenvalue weighted by Crippen LogP contribution is 2.20. The number of hydrogen-bond acceptors (Lipinski definition) is 3. The summed E-state index contributed by atoms with van der Waals surface area (Å²) in [6.45, 7) is 4.75. The molecular weight excluding hydrogens is 284 g/mol. The van der Waals surface area contributed by atoms with E-state index in [1.807, 2.05) is 13.8 Å². The van der Waals surface area contributed by atoms with Crippen molar-refractivity contribution in [2.24, 2.45) is 5.92 Å². The molecule has 0 aromatic heterocycles. The van der Waals surface area contributed by atoms with Crippen molar-refractivity contribution in [1.82, 2.24) is 4.90 Å². The van der Waals surface area contributed by atoms with E-state index >= 15 is 0 Å². The number of carbonyl (C=O) groups excluding carboxylic acids is 1. The minimum atomic E-state index is -0.840. The quantitative estimate of drug-likeness (QED) is 0.896. The minimum absolute atomic E-state index is 0.0988. The van der Waals surface area contributed by atoms with Crippen molar-refractivity contribution in [1.29, 1.82) is 0 Å². The van der Waals surface area contributed by atoms with E-state index < -0.39 is 11.9 Å². The first-order valence-electron chi connectivity index (χ1n) is 7.51. The molecule has 0 saturated carbocycles. The van der Waals surface area contributed by atoms with E-state index in [1.165, 1.54) is 0 Å². The first kappa shape index (κ1) is 16.1. The number of amides is 2. The molecule has 1 fully saturated rings. The van der Waals surface area contributed by atoms with Crippen molar-refractivity contribution in [2.45, 2.75) is 32.8 Å². The molecule has 2 rings (SSSR count). The van der Waals surface area contributed by atoms with Crippen LogP contribution in [0.4, 0.5) is 10.5 Å². The second-order valence-electron chi connectivity index (χ2n) is 5.74. The van der Waals surface area contributed by atoms with Crippen LogP contribution in [0.15, 0.2) is 24.3 Å². The van der Waals surface area contributed by atoms with Crippen molar-refractivity contribution in [2.75, 3.05) is 18.4 Å². The van der Waals surface area contributed by atoms with Crippen LogP contribution in [0.2, 0.25) is 0 Å². The number of benzene rings is 1. The molecule has 0 radical (unpaired) electrons. The number of urea groups is 1. The molecule has 120 valence electrons. The van der Waals surface area contributed by atoms with Crippen LogP contribution >= 0.6 is 0 Å². The van der Waals surface area contributed by atoms with Gasteiger partial charge in [-0.1, -0.05) is 0 Å². The maximum Gasteiger partial charge on any atom is 0.321 e. The van der Waals surface area contributed by atoms with Crippen molar-refractivity contribution in [3.8, 4) is 5.75 Å². The molecule has 1 heterocycles. The second kappa shape index (κ2) is 7.15. The number of ether oxygens (including phenoxy) is 1. The molecular formula is C16H22N2O4. The fourth-order valence-corrected chi connectivity index (χ4v) is 2.45. The van der Waals surface area contributed by atoms with Gasteiger partial charge in [-0.3, -0.25) is 4.79 Å². The summed E-state index contributed by atoms with van der Waals surface area (Å²) in [5.41, 5.74) is 0.665. The van der Waals surface area contributed by atoms with Crippen LogP contribution in [-0.2, 0) is 4.79 Å². The molecule has 1 saturated heterocycles. The number of rotatable bonds is 4. The summed E-state index contributed by atoms with van der Waals surface area (Å²) in [6, 6.07) is 6.88. The maximum absolute atomic E-state index is 12.2. The fourth-order valence-electron chi connectivity index (χ4n) is 2.45. The molecule has 1 aliphatic heterocycles. The predicted octanol–water partition coefficient (Wildman–Crippen LogP) is 2.80. The average Bonchev–Trinajstić information content (AvgIpc) is 2.49. The Morgan fingerprint density at radius 3 is 2.59 bits per heavy atom. The molecule has 1 aliphatic rings. The highest BCUT2D eigenvalue weighted by Gasteiger charge is 2.28. The Morgan fingerprint density at radius 1 is 1.32 bits per heavy atom. The van der Waals surface area contributed by atoms with Crippen LogP contribution in [0.3, 0.4) is 0 Å². The van der Waals surface area contributed by atoms with Crippen molar-refractivity contribution in [3.63, 3.8) is 0 Å². The lowest BCUT2D eigenvalue weighted by atomic mass is 9.99. The molecule has 6 heteroatoms. The maximum atomic E-state index is 12.2. The summed E-state index contributed by atoms with van der Waals surface area (Å²) in [4.78, 5) is 24.8. The number of nitrogens with zero attached hydrogens (tertiary/aromatic N) is 1. The van der Waals surface area contributed by atoms with Crippen molar-refractivity contribution >= 4 is 17.7 Å². The molecule has 22 heavy (non-hydrogen) atoms. The van der Waals surface area contributed by atoms with E-state index in [2.05, 4.69) is 5.32 Å². The molecule has 1 unspecified atom stereocenters. The highest BCUT2D eigenvalue weighted by atomic mass is 16.5. The van der Waals surface area contributed by atoms with Crippen LogP contribution < -0.4 is 10.1 Å². The summed E-state index contributed by atoms with van der Waals surface area (Å²) < 4.78 is 5.54. The molecule has 0 spiro atoms. The first-order valence-corrected chi connectivity index (χ1v) is 7.51. The SMILES string of the molecule is CC(C)Oc1ccc(NC(=O)N2CCCC(C(=O)O)C2)cc1. The fraction of sp³-hybridized carbons (Fsp3) is 0.500. The summed E-state index contributed by atoms with van der Waals surface area (Å²) in [5.74, 6) is -0.564. The van der Waals surface area contributed by atoms with Gasteiger partial charge in [0.1, 0.15) is 5.75 Å². The summed E-state index contributed by atoms with van der Waals surface area (Å²) in [5, 5.41) is 11.8. The minimum Gasteiger partial charge on any atom is -0.491 e. The van der Waals surface area contributed by atoms with Crippen molar-refractivity contribution < 1.29 is 19.4 Å². The molecule has 0 bridgehead atoms. The summed E-state index contributed by atoms with van der Waals surface area (Å²) in [7, 11) is 0. The lowest BCUT2D eigenvalue weighted by molar-refractivity contribution is -0.143. The standard InChI is InChI=1S/C16H22N2O4/c1-11(2)22-14-7-5-13(6-8-14)17-16(21)18-9-3-4-12(10-18)15(19)20/h5-8,11-12H,3-4,9-10H2,1-2H3,(H,17,21)(H,19,20). The smallest absolute Gasteiger partial charge is 0.321 e. The van der Waals surface area contributed by atoms with Crippen LogP contribution in [0.25, 0.3) is 0 Å². The van der Waals surface area contributed by atoms with Gasteiger partial charge in [-0.15, -0.1) is 0 Å². The number of carboxylic acid groups (broad SMARTS) is 1. The van der Waals surface area contributed by atoms with Gasteiger partial charge in [-0.2, -0.15) is 0 Å². The van der Waals surface area contributed by atoms with Gasteiger partial charge in [0.2, 0.25) is 0 Å². The molecule has 6 nitrogen and oxygen atoms in total. The van der Waals surface area contributed by atoms with Gasteiger partial charge in [0.05, 0.1) is 12.0 Å². The van der Waals surface area contributed by atoms with Crippen molar-refractivity contribution in [3.05, 3.63) is 24.3 Å². The van der Waals surface area contributed by atoms with Crippen LogP contribution in [0, 0.1) is 5.92 Å². The normalized spacial score (nSPS) is 18.1. The number of nitrogens with one attached hydrogen (secondary N) is 1. The van der Waals surface area contributed by atoms with Gasteiger partial charge < -0.3 is 20.1 Å². The third kappa shape index (κ3) is 4.38. The van der Waals surface area contributed by atoms with Crippen LogP contribution in [0.1, 0.15) is 26.7 Å². The third-order valence-electron chi connectivity index (χ3n) is 3.54. The Bertz CT molecular complexity index is 527. The average molecular weight is 306 g/mol. The second-order valence-corrected chi connectivity index (χ2v) is 5.74. The lowest BCUT2D eigenvalue weighted by Crippen LogP contribution is -2.44. The Morgan fingerprint density at radius 2 is 2.00 bits per heavy atom. The van der Waals surface area contributed by atoms with E-state index in [1.54, 1.807) is 29.2 Å². The van der Waals surface area contributed by atoms with E-state index in [4.69, 9.17) is 9.84 Å². The Hall–Kier alpha value is -2.24. The summed E-state index contributed by atoms with van der Waals surface area (Å²) in [6.07, 6.45) is 1.44. The van der Waals surface area contributed by atoms with E-state index in [0.717, 1.165) is 5.75 Å². The Balaban J connectivity index is 1.92. The van der Waals surface area contributed by atoms with Gasteiger partial charge in [-0.25, -0.2) is 4.79 Å². The zero-order valence-corrected chi connectivity index (χ0v) is 12.9. The molecule has 0 aliphatic carbocycles. The number of piperidine rings is 1. The highest BCUT2D eigenvalue weighted by molar-refractivity contribution is 5.89. The third-order valence-corrected chi connectivity index (χ3v) is 3.54. The molecule has 1 atom stereocenters. The topological polar surface area (TPSA) is 78.9 Å². The first-order chi connectivity index (χ1) is 10.5.